The molecule has 22 heavy (non-hydrogen) atoms. The lowest BCUT2D eigenvalue weighted by molar-refractivity contribution is -0.153. The van der Waals surface area contributed by atoms with Crippen LogP contribution in [0.15, 0.2) is 53.4 Å². The Bertz CT molecular complexity index is 662. The molecule has 0 amide bonds. The molecule has 0 saturated heterocycles. The van der Waals surface area contributed by atoms with Crippen molar-refractivity contribution < 1.29 is 17.9 Å². The second-order valence-corrected chi connectivity index (χ2v) is 5.52. The first kappa shape index (κ1) is 16.2. The van der Waals surface area contributed by atoms with Gasteiger partial charge in [0.05, 0.1) is 11.6 Å². The second-order valence-electron chi connectivity index (χ2n) is 4.48. The van der Waals surface area contributed by atoms with Gasteiger partial charge in [-0.25, -0.2) is 0 Å². The fourth-order valence-electron chi connectivity index (χ4n) is 1.68. The predicted octanol–water partition coefficient (Wildman–Crippen LogP) is 4.79. The Balaban J connectivity index is 1.93. The first-order valence-electron chi connectivity index (χ1n) is 6.38. The summed E-state index contributed by atoms with van der Waals surface area (Å²) in [4.78, 5) is 0.987. The van der Waals surface area contributed by atoms with Gasteiger partial charge in [0.2, 0.25) is 0 Å². The summed E-state index contributed by atoms with van der Waals surface area (Å²) < 4.78 is 41.1. The normalized spacial score (nSPS) is 11.0. The maximum atomic E-state index is 12.1. The van der Waals surface area contributed by atoms with Crippen LogP contribution in [0.3, 0.4) is 0 Å². The molecular formula is C16H12F3NOS. The number of thioether (sulfide) groups is 1. The molecule has 0 atom stereocenters. The van der Waals surface area contributed by atoms with Gasteiger partial charge in [0, 0.05) is 10.6 Å². The zero-order chi connectivity index (χ0) is 16.0. The number of ether oxygens (including phenoxy) is 1. The molecule has 0 spiro atoms. The maximum Gasteiger partial charge on any atom is 0.422 e. The fourth-order valence-corrected chi connectivity index (χ4v) is 2.52. The van der Waals surface area contributed by atoms with Gasteiger partial charge in [-0.15, -0.1) is 11.8 Å². The van der Waals surface area contributed by atoms with E-state index in [-0.39, 0.29) is 5.75 Å². The molecule has 0 unspecified atom stereocenters. The third-order valence-corrected chi connectivity index (χ3v) is 3.77. The summed E-state index contributed by atoms with van der Waals surface area (Å²) in [7, 11) is 0. The molecule has 0 N–H and O–H groups in total. The zero-order valence-electron chi connectivity index (χ0n) is 11.4. The van der Waals surface area contributed by atoms with Gasteiger partial charge in [0.1, 0.15) is 5.75 Å². The summed E-state index contributed by atoms with van der Waals surface area (Å²) in [6.07, 6.45) is -4.34. The van der Waals surface area contributed by atoms with Gasteiger partial charge in [0.15, 0.2) is 6.61 Å². The molecule has 0 heterocycles. The van der Waals surface area contributed by atoms with Crippen LogP contribution < -0.4 is 4.74 Å². The number of rotatable bonds is 5. The van der Waals surface area contributed by atoms with Crippen LogP contribution in [0.4, 0.5) is 13.2 Å². The number of nitriles is 1. The average Bonchev–Trinajstić information content (AvgIpc) is 2.51. The van der Waals surface area contributed by atoms with Gasteiger partial charge in [-0.1, -0.05) is 12.1 Å². The van der Waals surface area contributed by atoms with Crippen molar-refractivity contribution in [2.75, 3.05) is 6.61 Å². The number of alkyl halides is 3. The Hall–Kier alpha value is -2.13. The van der Waals surface area contributed by atoms with E-state index in [4.69, 9.17) is 10.00 Å². The van der Waals surface area contributed by atoms with Gasteiger partial charge in [-0.3, -0.25) is 0 Å². The summed E-state index contributed by atoms with van der Waals surface area (Å²) >= 11 is 1.54. The fraction of sp³-hybridized carbons (Fsp3) is 0.188. The molecule has 0 bridgehead atoms. The highest BCUT2D eigenvalue weighted by Gasteiger charge is 2.28. The topological polar surface area (TPSA) is 33.0 Å². The Morgan fingerprint density at radius 2 is 1.82 bits per heavy atom. The minimum atomic E-state index is -4.34. The lowest BCUT2D eigenvalue weighted by Gasteiger charge is -2.10. The SMILES string of the molecule is N#Cc1ccc(SCc2cccc(OCC(F)(F)F)c2)cc1. The first-order valence-corrected chi connectivity index (χ1v) is 7.36. The average molecular weight is 323 g/mol. The lowest BCUT2D eigenvalue weighted by Crippen LogP contribution is -2.19. The summed E-state index contributed by atoms with van der Waals surface area (Å²) in [5.41, 5.74) is 1.46. The van der Waals surface area contributed by atoms with Crippen molar-refractivity contribution in [2.24, 2.45) is 0 Å². The minimum Gasteiger partial charge on any atom is -0.484 e. The van der Waals surface area contributed by atoms with Crippen molar-refractivity contribution in [3.8, 4) is 11.8 Å². The van der Waals surface area contributed by atoms with Crippen LogP contribution in [0.25, 0.3) is 0 Å². The largest absolute Gasteiger partial charge is 0.484 e. The Labute approximate surface area is 130 Å². The van der Waals surface area contributed by atoms with E-state index < -0.39 is 12.8 Å². The molecule has 2 aromatic rings. The van der Waals surface area contributed by atoms with Crippen LogP contribution >= 0.6 is 11.8 Å². The van der Waals surface area contributed by atoms with Crippen molar-refractivity contribution in [1.29, 1.82) is 5.26 Å². The number of hydrogen-bond donors (Lipinski definition) is 0. The molecule has 0 aliphatic carbocycles. The van der Waals surface area contributed by atoms with E-state index in [0.29, 0.717) is 11.3 Å². The van der Waals surface area contributed by atoms with E-state index in [2.05, 4.69) is 0 Å². The summed E-state index contributed by atoms with van der Waals surface area (Å²) in [5.74, 6) is 0.810. The molecule has 0 aromatic heterocycles. The Morgan fingerprint density at radius 3 is 2.45 bits per heavy atom. The number of hydrogen-bond acceptors (Lipinski definition) is 3. The number of halogens is 3. The van der Waals surface area contributed by atoms with Gasteiger partial charge >= 0.3 is 6.18 Å². The Kier molecular flexibility index (Phi) is 5.34. The van der Waals surface area contributed by atoms with Crippen molar-refractivity contribution in [1.82, 2.24) is 0 Å². The van der Waals surface area contributed by atoms with Crippen LogP contribution in [0.1, 0.15) is 11.1 Å². The highest BCUT2D eigenvalue weighted by Crippen LogP contribution is 2.25. The molecule has 0 aliphatic rings. The minimum absolute atomic E-state index is 0.204. The molecule has 2 rings (SSSR count). The van der Waals surface area contributed by atoms with E-state index in [9.17, 15) is 13.2 Å². The van der Waals surface area contributed by atoms with Gasteiger partial charge in [-0.05, 0) is 42.0 Å². The lowest BCUT2D eigenvalue weighted by atomic mass is 10.2. The van der Waals surface area contributed by atoms with Crippen molar-refractivity contribution in [2.45, 2.75) is 16.8 Å². The number of benzene rings is 2. The summed E-state index contributed by atoms with van der Waals surface area (Å²) in [6.45, 7) is -1.29. The van der Waals surface area contributed by atoms with Crippen LogP contribution in [0.5, 0.6) is 5.75 Å². The van der Waals surface area contributed by atoms with E-state index >= 15 is 0 Å². The molecule has 2 aromatic carbocycles. The molecule has 0 saturated carbocycles. The van der Waals surface area contributed by atoms with E-state index in [0.717, 1.165) is 10.5 Å². The summed E-state index contributed by atoms with van der Waals surface area (Å²) in [6, 6.07) is 15.8. The van der Waals surface area contributed by atoms with E-state index in [1.54, 1.807) is 24.3 Å². The third kappa shape index (κ3) is 5.34. The first-order chi connectivity index (χ1) is 10.5. The second kappa shape index (κ2) is 7.23. The highest BCUT2D eigenvalue weighted by molar-refractivity contribution is 7.98. The van der Waals surface area contributed by atoms with Crippen molar-refractivity contribution in [3.05, 3.63) is 59.7 Å². The van der Waals surface area contributed by atoms with E-state index in [1.807, 2.05) is 24.3 Å². The van der Waals surface area contributed by atoms with Gasteiger partial charge in [-0.2, -0.15) is 18.4 Å². The molecule has 0 fully saturated rings. The molecule has 0 aliphatic heterocycles. The van der Waals surface area contributed by atoms with Crippen LogP contribution in [0, 0.1) is 11.3 Å². The third-order valence-electron chi connectivity index (χ3n) is 2.69. The summed E-state index contributed by atoms with van der Waals surface area (Å²) in [5, 5.41) is 8.72. The molecule has 6 heteroatoms. The quantitative estimate of drug-likeness (QED) is 0.742. The molecule has 2 nitrogen and oxygen atoms in total. The highest BCUT2D eigenvalue weighted by atomic mass is 32.2. The molecule has 0 radical (unpaired) electrons. The van der Waals surface area contributed by atoms with Gasteiger partial charge < -0.3 is 4.74 Å². The van der Waals surface area contributed by atoms with Crippen LogP contribution in [-0.4, -0.2) is 12.8 Å². The molecule has 114 valence electrons. The Morgan fingerprint density at radius 1 is 1.09 bits per heavy atom. The van der Waals surface area contributed by atoms with E-state index in [1.165, 1.54) is 17.8 Å². The maximum absolute atomic E-state index is 12.1. The van der Waals surface area contributed by atoms with Crippen LogP contribution in [0.2, 0.25) is 0 Å². The standard InChI is InChI=1S/C16H12F3NOS/c17-16(18,19)11-21-14-3-1-2-13(8-14)10-22-15-6-4-12(9-20)5-7-15/h1-8H,10-11H2. The predicted molar refractivity (Wildman–Crippen MR) is 78.7 cm³/mol. The van der Waals surface area contributed by atoms with Crippen molar-refractivity contribution >= 4 is 11.8 Å². The monoisotopic (exact) mass is 323 g/mol. The zero-order valence-corrected chi connectivity index (χ0v) is 12.2. The smallest absolute Gasteiger partial charge is 0.422 e. The number of nitrogens with zero attached hydrogens (tertiary/aromatic N) is 1. The van der Waals surface area contributed by atoms with Crippen LogP contribution in [-0.2, 0) is 5.75 Å². The van der Waals surface area contributed by atoms with Gasteiger partial charge in [0.25, 0.3) is 0 Å². The molecular weight excluding hydrogens is 311 g/mol. The van der Waals surface area contributed by atoms with Crippen molar-refractivity contribution in [3.63, 3.8) is 0 Å².